The molecule has 3 aromatic carbocycles. The predicted octanol–water partition coefficient (Wildman–Crippen LogP) is 4.85. The van der Waals surface area contributed by atoms with E-state index in [1.54, 1.807) is 18.2 Å². The van der Waals surface area contributed by atoms with Gasteiger partial charge in [0.1, 0.15) is 11.4 Å². The zero-order valence-electron chi connectivity index (χ0n) is 17.4. The fraction of sp³-hybridized carbons (Fsp3) is 0.208. The third kappa shape index (κ3) is 5.09. The molecule has 0 unspecified atom stereocenters. The Hall–Kier alpha value is -2.79. The SMILES string of the molecule is Nc1ccc(CCC2(O)CN(C(=O)c3ccc(F)c(F)c3Nc3ccc(I)cc3F)C2)cc1. The number of nitrogens with two attached hydrogens (primary N) is 1. The lowest BCUT2D eigenvalue weighted by atomic mass is 9.87. The topological polar surface area (TPSA) is 78.6 Å². The molecule has 1 fully saturated rings. The Morgan fingerprint density at radius 2 is 1.76 bits per heavy atom. The lowest BCUT2D eigenvalue weighted by Gasteiger charge is -2.46. The minimum Gasteiger partial charge on any atom is -0.399 e. The average molecular weight is 567 g/mol. The number of nitrogens with one attached hydrogen (secondary N) is 1. The monoisotopic (exact) mass is 567 g/mol. The number of nitrogen functional groups attached to an aromatic ring is 1. The molecule has 4 N–H and O–H groups in total. The maximum atomic E-state index is 14.6. The molecule has 1 aliphatic heterocycles. The third-order valence-corrected chi connectivity index (χ3v) is 6.30. The van der Waals surface area contributed by atoms with Crippen LogP contribution in [0.25, 0.3) is 0 Å². The van der Waals surface area contributed by atoms with Gasteiger partial charge >= 0.3 is 0 Å². The summed E-state index contributed by atoms with van der Waals surface area (Å²) in [6.45, 7) is 0.105. The normalized spacial score (nSPS) is 14.6. The number of benzene rings is 3. The number of hydrogen-bond acceptors (Lipinski definition) is 4. The summed E-state index contributed by atoms with van der Waals surface area (Å²) in [5, 5.41) is 13.3. The minimum absolute atomic E-state index is 0.0527. The molecule has 33 heavy (non-hydrogen) atoms. The van der Waals surface area contributed by atoms with Gasteiger partial charge < -0.3 is 21.1 Å². The first-order valence-corrected chi connectivity index (χ1v) is 11.3. The van der Waals surface area contributed by atoms with E-state index in [0.717, 1.165) is 17.7 Å². The van der Waals surface area contributed by atoms with E-state index >= 15 is 0 Å². The second-order valence-corrected chi connectivity index (χ2v) is 9.41. The van der Waals surface area contributed by atoms with Crippen LogP contribution in [0, 0.1) is 21.0 Å². The van der Waals surface area contributed by atoms with E-state index in [4.69, 9.17) is 5.73 Å². The maximum Gasteiger partial charge on any atom is 0.256 e. The van der Waals surface area contributed by atoms with E-state index in [-0.39, 0.29) is 24.3 Å². The Balaban J connectivity index is 1.48. The Bertz CT molecular complexity index is 1200. The van der Waals surface area contributed by atoms with E-state index in [0.29, 0.717) is 22.1 Å². The minimum atomic E-state index is -1.28. The van der Waals surface area contributed by atoms with Gasteiger partial charge in [-0.25, -0.2) is 13.2 Å². The number of carbonyl (C=O) groups is 1. The van der Waals surface area contributed by atoms with Crippen molar-refractivity contribution >= 4 is 45.6 Å². The van der Waals surface area contributed by atoms with Gasteiger partial charge in [-0.15, -0.1) is 0 Å². The molecule has 0 spiro atoms. The lowest BCUT2D eigenvalue weighted by Crippen LogP contribution is -2.63. The Kier molecular flexibility index (Phi) is 6.53. The molecular weight excluding hydrogens is 546 g/mol. The molecule has 0 aromatic heterocycles. The zero-order chi connectivity index (χ0) is 23.8. The molecule has 1 heterocycles. The fourth-order valence-electron chi connectivity index (χ4n) is 3.77. The van der Waals surface area contributed by atoms with Crippen molar-refractivity contribution in [2.45, 2.75) is 18.4 Å². The fourth-order valence-corrected chi connectivity index (χ4v) is 4.23. The standard InChI is InChI=1S/C24H21F3IN3O2/c25-18-7-6-17(22(21(18)27)30-20-8-3-15(28)11-19(20)26)23(32)31-12-24(33,13-31)10-9-14-1-4-16(29)5-2-14/h1-8,11,30,33H,9-10,12-13,29H2. The summed E-state index contributed by atoms with van der Waals surface area (Å²) < 4.78 is 43.4. The first-order valence-electron chi connectivity index (χ1n) is 10.2. The van der Waals surface area contributed by atoms with Gasteiger partial charge in [0, 0.05) is 9.26 Å². The Morgan fingerprint density at radius 3 is 2.42 bits per heavy atom. The smallest absolute Gasteiger partial charge is 0.256 e. The number of nitrogens with zero attached hydrogens (tertiary/aromatic N) is 1. The number of aryl methyl sites for hydroxylation is 1. The number of amides is 1. The molecule has 1 amide bonds. The molecule has 172 valence electrons. The number of hydrogen-bond donors (Lipinski definition) is 3. The van der Waals surface area contributed by atoms with Crippen LogP contribution in [-0.2, 0) is 6.42 Å². The summed E-state index contributed by atoms with van der Waals surface area (Å²) in [7, 11) is 0. The van der Waals surface area contributed by atoms with Crippen molar-refractivity contribution in [3.63, 3.8) is 0 Å². The van der Waals surface area contributed by atoms with E-state index in [2.05, 4.69) is 5.32 Å². The van der Waals surface area contributed by atoms with E-state index in [1.165, 1.54) is 17.0 Å². The molecule has 0 aliphatic carbocycles. The van der Waals surface area contributed by atoms with Crippen molar-refractivity contribution in [2.75, 3.05) is 24.1 Å². The van der Waals surface area contributed by atoms with Crippen molar-refractivity contribution in [3.05, 3.63) is 86.7 Å². The van der Waals surface area contributed by atoms with Gasteiger partial charge in [-0.1, -0.05) is 12.1 Å². The van der Waals surface area contributed by atoms with Gasteiger partial charge in [-0.3, -0.25) is 4.79 Å². The molecule has 0 radical (unpaired) electrons. The number of halogens is 4. The van der Waals surface area contributed by atoms with Gasteiger partial charge in [0.05, 0.1) is 30.0 Å². The number of carbonyl (C=O) groups excluding carboxylic acids is 1. The van der Waals surface area contributed by atoms with Crippen LogP contribution in [0.5, 0.6) is 0 Å². The molecule has 5 nitrogen and oxygen atoms in total. The van der Waals surface area contributed by atoms with Gasteiger partial charge in [0.25, 0.3) is 5.91 Å². The lowest BCUT2D eigenvalue weighted by molar-refractivity contribution is -0.0854. The highest BCUT2D eigenvalue weighted by Crippen LogP contribution is 2.33. The highest BCUT2D eigenvalue weighted by atomic mass is 127. The summed E-state index contributed by atoms with van der Waals surface area (Å²) in [6.07, 6.45) is 1.03. The second-order valence-electron chi connectivity index (χ2n) is 8.16. The summed E-state index contributed by atoms with van der Waals surface area (Å²) in [6, 6.07) is 13.5. The quantitative estimate of drug-likeness (QED) is 0.294. The van der Waals surface area contributed by atoms with Crippen molar-refractivity contribution in [1.82, 2.24) is 4.90 Å². The first kappa shape index (κ1) is 23.4. The molecule has 0 bridgehead atoms. The van der Waals surface area contributed by atoms with Crippen LogP contribution >= 0.6 is 22.6 Å². The largest absolute Gasteiger partial charge is 0.399 e. The molecule has 1 aliphatic rings. The van der Waals surface area contributed by atoms with Crippen molar-refractivity contribution in [1.29, 1.82) is 0 Å². The van der Waals surface area contributed by atoms with Gasteiger partial charge in [0.15, 0.2) is 11.6 Å². The zero-order valence-corrected chi connectivity index (χ0v) is 19.6. The summed E-state index contributed by atoms with van der Waals surface area (Å²) in [5.41, 5.74) is 5.58. The molecule has 9 heteroatoms. The van der Waals surface area contributed by atoms with Gasteiger partial charge in [-0.05, 0) is 83.5 Å². The Labute approximate surface area is 202 Å². The van der Waals surface area contributed by atoms with Crippen molar-refractivity contribution in [3.8, 4) is 0 Å². The van der Waals surface area contributed by atoms with E-state index in [1.807, 2.05) is 34.7 Å². The van der Waals surface area contributed by atoms with Crippen LogP contribution in [0.2, 0.25) is 0 Å². The number of anilines is 3. The molecule has 4 rings (SSSR count). The number of β-amino-alcohol motifs (C(OH)–C–C–N with tert-alkyl or cyclic N) is 1. The molecule has 0 saturated carbocycles. The van der Waals surface area contributed by atoms with Crippen molar-refractivity contribution < 1.29 is 23.1 Å². The van der Waals surface area contributed by atoms with Crippen LogP contribution in [0.3, 0.4) is 0 Å². The number of likely N-dealkylation sites (tertiary alicyclic amines) is 1. The van der Waals surface area contributed by atoms with Crippen LogP contribution in [0.15, 0.2) is 54.6 Å². The van der Waals surface area contributed by atoms with E-state index < -0.39 is 34.6 Å². The van der Waals surface area contributed by atoms with Crippen molar-refractivity contribution in [2.24, 2.45) is 0 Å². The molecule has 3 aromatic rings. The summed E-state index contributed by atoms with van der Waals surface area (Å²) in [4.78, 5) is 14.4. The van der Waals surface area contributed by atoms with Crippen LogP contribution in [0.4, 0.5) is 30.2 Å². The molecular formula is C24H21F3IN3O2. The maximum absolute atomic E-state index is 14.6. The molecule has 0 atom stereocenters. The summed E-state index contributed by atoms with van der Waals surface area (Å²) in [5.74, 6) is -3.69. The number of rotatable bonds is 6. The predicted molar refractivity (Wildman–Crippen MR) is 129 cm³/mol. The average Bonchev–Trinajstić information content (AvgIpc) is 2.76. The third-order valence-electron chi connectivity index (χ3n) is 5.63. The Morgan fingerprint density at radius 1 is 1.06 bits per heavy atom. The van der Waals surface area contributed by atoms with Crippen LogP contribution < -0.4 is 11.1 Å². The first-order chi connectivity index (χ1) is 15.6. The molecule has 1 saturated heterocycles. The van der Waals surface area contributed by atoms with Gasteiger partial charge in [0.2, 0.25) is 0 Å². The van der Waals surface area contributed by atoms with Crippen LogP contribution in [0.1, 0.15) is 22.3 Å². The second kappa shape index (κ2) is 9.22. The summed E-state index contributed by atoms with van der Waals surface area (Å²) >= 11 is 1.93. The highest BCUT2D eigenvalue weighted by Gasteiger charge is 2.44. The number of aliphatic hydroxyl groups is 1. The van der Waals surface area contributed by atoms with E-state index in [9.17, 15) is 23.1 Å². The van der Waals surface area contributed by atoms with Gasteiger partial charge in [-0.2, -0.15) is 0 Å². The highest BCUT2D eigenvalue weighted by molar-refractivity contribution is 14.1. The van der Waals surface area contributed by atoms with Crippen LogP contribution in [-0.4, -0.2) is 34.6 Å².